The van der Waals surface area contributed by atoms with Crippen molar-refractivity contribution in [3.05, 3.63) is 58.7 Å². The molecule has 178 valence electrons. The molecule has 1 fully saturated rings. The number of aryl methyl sites for hydroxylation is 1. The molecule has 1 N–H and O–H groups in total. The number of halogens is 1. The number of aromatic nitrogens is 1. The van der Waals surface area contributed by atoms with Crippen molar-refractivity contribution >= 4 is 40.0 Å². The molecule has 2 amide bonds. The van der Waals surface area contributed by atoms with Crippen molar-refractivity contribution in [1.29, 1.82) is 0 Å². The van der Waals surface area contributed by atoms with Gasteiger partial charge in [-0.25, -0.2) is 0 Å². The highest BCUT2D eigenvalue weighted by Crippen LogP contribution is 2.38. The van der Waals surface area contributed by atoms with E-state index < -0.39 is 5.54 Å². The molecule has 5 rings (SSSR count). The van der Waals surface area contributed by atoms with Gasteiger partial charge in [-0.2, -0.15) is 0 Å². The number of amides is 2. The van der Waals surface area contributed by atoms with Crippen molar-refractivity contribution in [2.75, 3.05) is 12.0 Å². The van der Waals surface area contributed by atoms with Crippen LogP contribution in [0.15, 0.2) is 42.5 Å². The Hall–Kier alpha value is -2.99. The molecule has 6 nitrogen and oxygen atoms in total. The molecule has 1 aromatic heterocycles. The number of hydrogen-bond donors (Lipinski definition) is 1. The van der Waals surface area contributed by atoms with Crippen molar-refractivity contribution in [1.82, 2.24) is 9.88 Å². The van der Waals surface area contributed by atoms with Crippen LogP contribution in [-0.2, 0) is 11.3 Å². The maximum atomic E-state index is 14.0. The minimum absolute atomic E-state index is 0.138. The molecule has 1 aliphatic carbocycles. The molecular formula is C27H30ClN3O3. The number of anilines is 1. The summed E-state index contributed by atoms with van der Waals surface area (Å²) in [6.07, 6.45) is 5.38. The van der Waals surface area contributed by atoms with Crippen molar-refractivity contribution in [2.45, 2.75) is 64.1 Å². The average molecular weight is 480 g/mol. The monoisotopic (exact) mass is 479 g/mol. The summed E-state index contributed by atoms with van der Waals surface area (Å²) in [5, 5.41) is 4.76. The summed E-state index contributed by atoms with van der Waals surface area (Å²) in [6, 6.07) is 13.3. The van der Waals surface area contributed by atoms with Gasteiger partial charge in [0.05, 0.1) is 19.2 Å². The molecule has 2 aliphatic rings. The second kappa shape index (κ2) is 8.66. The number of rotatable bonds is 4. The van der Waals surface area contributed by atoms with E-state index in [2.05, 4.69) is 5.32 Å². The highest BCUT2D eigenvalue weighted by atomic mass is 35.5. The fourth-order valence-corrected chi connectivity index (χ4v) is 5.49. The number of hydrogen-bond acceptors (Lipinski definition) is 3. The first-order valence-corrected chi connectivity index (χ1v) is 12.3. The Bertz CT molecular complexity index is 1280. The predicted octanol–water partition coefficient (Wildman–Crippen LogP) is 5.48. The summed E-state index contributed by atoms with van der Waals surface area (Å²) in [5.74, 6) is 0.351. The van der Waals surface area contributed by atoms with Crippen LogP contribution in [-0.4, -0.2) is 35.1 Å². The van der Waals surface area contributed by atoms with Crippen LogP contribution >= 0.6 is 11.6 Å². The summed E-state index contributed by atoms with van der Waals surface area (Å²) >= 11 is 6.45. The number of carbonyl (C=O) groups excluding carboxylic acids is 2. The first-order chi connectivity index (χ1) is 16.3. The van der Waals surface area contributed by atoms with E-state index in [4.69, 9.17) is 16.3 Å². The third-order valence-electron chi connectivity index (χ3n) is 7.34. The Morgan fingerprint density at radius 1 is 1.12 bits per heavy atom. The van der Waals surface area contributed by atoms with Crippen LogP contribution in [0.3, 0.4) is 0 Å². The molecule has 2 heterocycles. The van der Waals surface area contributed by atoms with Gasteiger partial charge < -0.3 is 14.6 Å². The second-order valence-corrected chi connectivity index (χ2v) is 10.1. The molecule has 1 saturated carbocycles. The lowest BCUT2D eigenvalue weighted by molar-refractivity contribution is -0.127. The molecule has 1 unspecified atom stereocenters. The zero-order valence-corrected chi connectivity index (χ0v) is 20.6. The quantitative estimate of drug-likeness (QED) is 0.539. The molecule has 3 aromatic rings. The lowest BCUT2D eigenvalue weighted by atomic mass is 9.91. The Labute approximate surface area is 204 Å². The maximum Gasteiger partial charge on any atom is 0.275 e. The van der Waals surface area contributed by atoms with E-state index >= 15 is 0 Å². The summed E-state index contributed by atoms with van der Waals surface area (Å²) in [6.45, 7) is 4.10. The van der Waals surface area contributed by atoms with Crippen LogP contribution < -0.4 is 15.0 Å². The van der Waals surface area contributed by atoms with E-state index in [-0.39, 0.29) is 17.9 Å². The van der Waals surface area contributed by atoms with Gasteiger partial charge in [0.15, 0.2) is 0 Å². The number of nitrogens with zero attached hydrogens (tertiary/aromatic N) is 2. The molecule has 2 aromatic carbocycles. The molecule has 0 radical (unpaired) electrons. The highest BCUT2D eigenvalue weighted by Gasteiger charge is 2.49. The average Bonchev–Trinajstić information content (AvgIpc) is 3.19. The van der Waals surface area contributed by atoms with E-state index in [0.29, 0.717) is 28.7 Å². The summed E-state index contributed by atoms with van der Waals surface area (Å²) in [4.78, 5) is 29.5. The third kappa shape index (κ3) is 3.74. The van der Waals surface area contributed by atoms with E-state index in [1.165, 1.54) is 6.42 Å². The van der Waals surface area contributed by atoms with E-state index in [1.807, 2.05) is 54.8 Å². The number of methoxy groups -OCH3 is 1. The molecule has 0 saturated heterocycles. The molecule has 1 aliphatic heterocycles. The maximum absolute atomic E-state index is 14.0. The van der Waals surface area contributed by atoms with Crippen molar-refractivity contribution < 1.29 is 14.3 Å². The van der Waals surface area contributed by atoms with Crippen LogP contribution in [0.1, 0.15) is 55.1 Å². The third-order valence-corrected chi connectivity index (χ3v) is 7.74. The molecular weight excluding hydrogens is 450 g/mol. The fourth-order valence-electron chi connectivity index (χ4n) is 5.31. The van der Waals surface area contributed by atoms with Crippen LogP contribution in [0, 0.1) is 6.92 Å². The number of ether oxygens (including phenoxy) is 1. The topological polar surface area (TPSA) is 63.6 Å². The Kier molecular flexibility index (Phi) is 5.80. The first-order valence-electron chi connectivity index (χ1n) is 11.9. The summed E-state index contributed by atoms with van der Waals surface area (Å²) in [7, 11) is 1.62. The minimum atomic E-state index is -1.13. The molecule has 1 atom stereocenters. The molecule has 0 bridgehead atoms. The van der Waals surface area contributed by atoms with Crippen LogP contribution in [0.4, 0.5) is 5.69 Å². The number of carbonyl (C=O) groups is 2. The lowest BCUT2D eigenvalue weighted by Gasteiger charge is -2.44. The van der Waals surface area contributed by atoms with Gasteiger partial charge in [-0.3, -0.25) is 14.5 Å². The molecule has 7 heteroatoms. The van der Waals surface area contributed by atoms with Gasteiger partial charge in [0.25, 0.3) is 5.91 Å². The summed E-state index contributed by atoms with van der Waals surface area (Å²) in [5.41, 5.74) is 1.83. The van der Waals surface area contributed by atoms with Crippen LogP contribution in [0.2, 0.25) is 5.02 Å². The van der Waals surface area contributed by atoms with Gasteiger partial charge in [-0.1, -0.05) is 36.9 Å². The van der Waals surface area contributed by atoms with Gasteiger partial charge in [0.1, 0.15) is 17.0 Å². The van der Waals surface area contributed by atoms with Gasteiger partial charge in [-0.15, -0.1) is 0 Å². The van der Waals surface area contributed by atoms with Crippen LogP contribution in [0.25, 0.3) is 10.9 Å². The SMILES string of the molecule is COc1ccc2cc3n(c2c1)CC(C)(C(=O)NC1CCCCC1)N(c1ccc(C)c(Cl)c1)C3=O. The minimum Gasteiger partial charge on any atom is -0.497 e. The number of nitrogens with one attached hydrogen (secondary N) is 1. The molecule has 0 spiro atoms. The van der Waals surface area contributed by atoms with Crippen molar-refractivity contribution in [3.63, 3.8) is 0 Å². The lowest BCUT2D eigenvalue weighted by Crippen LogP contribution is -2.65. The predicted molar refractivity (Wildman–Crippen MR) is 135 cm³/mol. The van der Waals surface area contributed by atoms with Gasteiger partial charge in [-0.05, 0) is 62.6 Å². The number of fused-ring (bicyclic) bond motifs is 3. The Balaban J connectivity index is 1.63. The second-order valence-electron chi connectivity index (χ2n) is 9.70. The van der Waals surface area contributed by atoms with E-state index in [0.717, 1.165) is 42.1 Å². The van der Waals surface area contributed by atoms with Gasteiger partial charge in [0.2, 0.25) is 5.91 Å². The first kappa shape index (κ1) is 22.8. The number of benzene rings is 2. The Morgan fingerprint density at radius 2 is 1.88 bits per heavy atom. The Morgan fingerprint density at radius 3 is 2.59 bits per heavy atom. The van der Waals surface area contributed by atoms with Gasteiger partial charge >= 0.3 is 0 Å². The smallest absolute Gasteiger partial charge is 0.275 e. The van der Waals surface area contributed by atoms with Crippen molar-refractivity contribution in [2.24, 2.45) is 0 Å². The zero-order chi connectivity index (χ0) is 24.0. The standard InChI is InChI=1S/C27H30ClN3O3/c1-17-9-11-20(14-22(17)28)31-25(32)24-13-18-10-12-21(34-3)15-23(18)30(24)16-27(31,2)26(33)29-19-7-5-4-6-8-19/h9-15,19H,4-8,16H2,1-3H3,(H,29,33). The highest BCUT2D eigenvalue weighted by molar-refractivity contribution is 6.31. The van der Waals surface area contributed by atoms with E-state index in [1.54, 1.807) is 18.1 Å². The van der Waals surface area contributed by atoms with Crippen LogP contribution in [0.5, 0.6) is 5.75 Å². The van der Waals surface area contributed by atoms with E-state index in [9.17, 15) is 9.59 Å². The van der Waals surface area contributed by atoms with Crippen molar-refractivity contribution in [3.8, 4) is 5.75 Å². The largest absolute Gasteiger partial charge is 0.497 e. The fraction of sp³-hybridized carbons (Fsp3) is 0.407. The molecule has 34 heavy (non-hydrogen) atoms. The van der Waals surface area contributed by atoms with Gasteiger partial charge in [0, 0.05) is 28.2 Å². The zero-order valence-electron chi connectivity index (χ0n) is 19.9. The summed E-state index contributed by atoms with van der Waals surface area (Å²) < 4.78 is 7.37. The normalized spacial score (nSPS) is 20.9.